The molecule has 0 unspecified atom stereocenters. The quantitative estimate of drug-likeness (QED) is 0.760. The van der Waals surface area contributed by atoms with Gasteiger partial charge in [0.2, 0.25) is 0 Å². The van der Waals surface area contributed by atoms with Crippen LogP contribution in [0.5, 0.6) is 0 Å². The van der Waals surface area contributed by atoms with Gasteiger partial charge in [0.15, 0.2) is 0 Å². The molecule has 146 valence electrons. The van der Waals surface area contributed by atoms with Crippen molar-refractivity contribution in [2.45, 2.75) is 12.8 Å². The number of fused-ring (bicyclic) bond motifs is 3. The number of morpholine rings is 1. The number of hydrogen-bond donors (Lipinski definition) is 1. The van der Waals surface area contributed by atoms with Crippen LogP contribution in [0.1, 0.15) is 23.3 Å². The molecule has 0 spiro atoms. The molecule has 5 heteroatoms. The average molecular weight is 377 g/mol. The molecule has 3 heterocycles. The lowest BCUT2D eigenvalue weighted by Crippen LogP contribution is -2.44. The molecule has 1 amide bonds. The lowest BCUT2D eigenvalue weighted by atomic mass is 9.96. The van der Waals surface area contributed by atoms with Crippen LogP contribution in [0.25, 0.3) is 21.7 Å². The van der Waals surface area contributed by atoms with E-state index in [1.54, 1.807) is 0 Å². The van der Waals surface area contributed by atoms with Gasteiger partial charge in [-0.05, 0) is 41.7 Å². The van der Waals surface area contributed by atoms with Gasteiger partial charge in [-0.15, -0.1) is 0 Å². The molecule has 5 rings (SSSR count). The number of nitrogens with zero attached hydrogens (tertiary/aromatic N) is 2. The maximum absolute atomic E-state index is 13.1. The van der Waals surface area contributed by atoms with Crippen molar-refractivity contribution in [2.24, 2.45) is 5.92 Å². The summed E-state index contributed by atoms with van der Waals surface area (Å²) < 4.78 is 5.44. The van der Waals surface area contributed by atoms with E-state index in [-0.39, 0.29) is 5.91 Å². The van der Waals surface area contributed by atoms with Crippen molar-refractivity contribution in [1.82, 2.24) is 14.8 Å². The molecule has 2 aliphatic heterocycles. The van der Waals surface area contributed by atoms with E-state index in [0.29, 0.717) is 11.6 Å². The monoisotopic (exact) mass is 377 g/mol. The van der Waals surface area contributed by atoms with Crippen molar-refractivity contribution >= 4 is 27.6 Å². The molecule has 0 aliphatic carbocycles. The summed E-state index contributed by atoms with van der Waals surface area (Å²) in [6.45, 7) is 6.64. The summed E-state index contributed by atoms with van der Waals surface area (Å²) in [7, 11) is 0. The van der Waals surface area contributed by atoms with Gasteiger partial charge in [-0.1, -0.05) is 30.3 Å². The fourth-order valence-electron chi connectivity index (χ4n) is 4.64. The third-order valence-corrected chi connectivity index (χ3v) is 6.28. The summed E-state index contributed by atoms with van der Waals surface area (Å²) in [6, 6.07) is 14.5. The maximum atomic E-state index is 13.1. The van der Waals surface area contributed by atoms with Crippen LogP contribution < -0.4 is 0 Å². The van der Waals surface area contributed by atoms with Gasteiger partial charge in [-0.2, -0.15) is 0 Å². The number of nitrogens with one attached hydrogen (secondary N) is 1. The first-order valence-corrected chi connectivity index (χ1v) is 10.4. The molecule has 1 N–H and O–H groups in total. The van der Waals surface area contributed by atoms with Gasteiger partial charge in [0, 0.05) is 43.6 Å². The molecular weight excluding hydrogens is 350 g/mol. The molecule has 2 aromatic carbocycles. The van der Waals surface area contributed by atoms with Gasteiger partial charge in [0.1, 0.15) is 5.69 Å². The van der Waals surface area contributed by atoms with Gasteiger partial charge in [0.25, 0.3) is 5.91 Å². The minimum Gasteiger partial charge on any atom is -0.379 e. The smallest absolute Gasteiger partial charge is 0.270 e. The second kappa shape index (κ2) is 7.57. The highest BCUT2D eigenvalue weighted by Crippen LogP contribution is 2.27. The predicted octanol–water partition coefficient (Wildman–Crippen LogP) is 3.51. The van der Waals surface area contributed by atoms with E-state index < -0.39 is 0 Å². The van der Waals surface area contributed by atoms with E-state index in [1.807, 2.05) is 17.0 Å². The van der Waals surface area contributed by atoms with Crippen molar-refractivity contribution in [3.63, 3.8) is 0 Å². The average Bonchev–Trinajstić information content (AvgIpc) is 3.19. The SMILES string of the molecule is O=C(c1cc2c(ccc3ccccc32)[nH]1)N1CCC(CN2CCOCC2)CC1. The number of piperidine rings is 1. The first-order chi connectivity index (χ1) is 13.8. The van der Waals surface area contributed by atoms with Gasteiger partial charge in [-0.3, -0.25) is 9.69 Å². The van der Waals surface area contributed by atoms with Crippen LogP contribution in [0.4, 0.5) is 0 Å². The van der Waals surface area contributed by atoms with Crippen LogP contribution in [0, 0.1) is 5.92 Å². The van der Waals surface area contributed by atoms with Gasteiger partial charge >= 0.3 is 0 Å². The van der Waals surface area contributed by atoms with Crippen LogP contribution in [0.3, 0.4) is 0 Å². The molecule has 2 fully saturated rings. The minimum atomic E-state index is 0.130. The number of H-pyrrole nitrogens is 1. The number of rotatable bonds is 3. The maximum Gasteiger partial charge on any atom is 0.270 e. The number of likely N-dealkylation sites (tertiary alicyclic amines) is 1. The van der Waals surface area contributed by atoms with Crippen LogP contribution >= 0.6 is 0 Å². The van der Waals surface area contributed by atoms with E-state index in [0.717, 1.165) is 69.7 Å². The Morgan fingerprint density at radius 3 is 2.61 bits per heavy atom. The molecule has 1 aromatic heterocycles. The number of hydrogen-bond acceptors (Lipinski definition) is 3. The lowest BCUT2D eigenvalue weighted by Gasteiger charge is -2.35. The number of ether oxygens (including phenoxy) is 1. The first-order valence-electron chi connectivity index (χ1n) is 10.4. The third-order valence-electron chi connectivity index (χ3n) is 6.28. The molecule has 0 bridgehead atoms. The summed E-state index contributed by atoms with van der Waals surface area (Å²) in [6.07, 6.45) is 2.18. The highest BCUT2D eigenvalue weighted by Gasteiger charge is 2.26. The summed E-state index contributed by atoms with van der Waals surface area (Å²) in [4.78, 5) is 20.9. The summed E-state index contributed by atoms with van der Waals surface area (Å²) in [5.41, 5.74) is 1.74. The number of aromatic nitrogens is 1. The first kappa shape index (κ1) is 17.7. The van der Waals surface area contributed by atoms with E-state index in [2.05, 4.69) is 40.2 Å². The van der Waals surface area contributed by atoms with Crippen molar-refractivity contribution in [3.05, 3.63) is 48.2 Å². The standard InChI is InChI=1S/C23H27N3O2/c27-23(26-9-7-17(8-10-26)16-25-11-13-28-14-12-25)22-15-20-19-4-2-1-3-18(19)5-6-21(20)24-22/h1-6,15,17,24H,7-14,16H2. The zero-order chi connectivity index (χ0) is 18.9. The summed E-state index contributed by atoms with van der Waals surface area (Å²) in [5, 5.41) is 3.53. The Labute approximate surface area is 165 Å². The molecular formula is C23H27N3O2. The third kappa shape index (κ3) is 3.40. The Morgan fingerprint density at radius 2 is 1.79 bits per heavy atom. The topological polar surface area (TPSA) is 48.6 Å². The summed E-state index contributed by atoms with van der Waals surface area (Å²) in [5.74, 6) is 0.818. The van der Waals surface area contributed by atoms with Crippen molar-refractivity contribution in [2.75, 3.05) is 45.9 Å². The molecule has 5 nitrogen and oxygen atoms in total. The van der Waals surface area contributed by atoms with E-state index in [9.17, 15) is 4.79 Å². The minimum absolute atomic E-state index is 0.130. The van der Waals surface area contributed by atoms with Crippen molar-refractivity contribution in [3.8, 4) is 0 Å². The zero-order valence-electron chi connectivity index (χ0n) is 16.2. The molecule has 0 saturated carbocycles. The number of aromatic amines is 1. The van der Waals surface area contributed by atoms with Gasteiger partial charge in [0.05, 0.1) is 13.2 Å². The van der Waals surface area contributed by atoms with E-state index >= 15 is 0 Å². The van der Waals surface area contributed by atoms with E-state index in [4.69, 9.17) is 4.74 Å². The molecule has 3 aromatic rings. The zero-order valence-corrected chi connectivity index (χ0v) is 16.2. The fourth-order valence-corrected chi connectivity index (χ4v) is 4.64. The Morgan fingerprint density at radius 1 is 1.00 bits per heavy atom. The lowest BCUT2D eigenvalue weighted by molar-refractivity contribution is 0.0242. The molecule has 0 radical (unpaired) electrons. The molecule has 2 aliphatic rings. The Bertz CT molecular complexity index is 982. The Kier molecular flexibility index (Phi) is 4.79. The Hall–Kier alpha value is -2.37. The van der Waals surface area contributed by atoms with Gasteiger partial charge in [-0.25, -0.2) is 0 Å². The number of carbonyl (C=O) groups excluding carboxylic acids is 1. The summed E-state index contributed by atoms with van der Waals surface area (Å²) >= 11 is 0. The fraction of sp³-hybridized carbons (Fsp3) is 0.435. The molecule has 28 heavy (non-hydrogen) atoms. The normalized spacial score (nSPS) is 19.5. The second-order valence-corrected chi connectivity index (χ2v) is 8.08. The largest absolute Gasteiger partial charge is 0.379 e. The van der Waals surface area contributed by atoms with E-state index in [1.165, 1.54) is 10.8 Å². The highest BCUT2D eigenvalue weighted by atomic mass is 16.5. The van der Waals surface area contributed by atoms with Crippen LogP contribution in [0.2, 0.25) is 0 Å². The Balaban J connectivity index is 1.27. The molecule has 0 atom stereocenters. The van der Waals surface area contributed by atoms with Gasteiger partial charge < -0.3 is 14.6 Å². The van der Waals surface area contributed by atoms with Crippen LogP contribution in [0.15, 0.2) is 42.5 Å². The second-order valence-electron chi connectivity index (χ2n) is 8.08. The van der Waals surface area contributed by atoms with Crippen molar-refractivity contribution in [1.29, 1.82) is 0 Å². The van der Waals surface area contributed by atoms with Crippen molar-refractivity contribution < 1.29 is 9.53 Å². The number of amides is 1. The molecule has 2 saturated heterocycles. The van der Waals surface area contributed by atoms with Crippen LogP contribution in [-0.2, 0) is 4.74 Å². The van der Waals surface area contributed by atoms with Crippen LogP contribution in [-0.4, -0.2) is 66.6 Å². The number of benzene rings is 2. The predicted molar refractivity (Wildman–Crippen MR) is 112 cm³/mol. The number of carbonyl (C=O) groups is 1. The highest BCUT2D eigenvalue weighted by molar-refractivity contribution is 6.09.